The molecule has 1 saturated heterocycles. The summed E-state index contributed by atoms with van der Waals surface area (Å²) >= 11 is 0. The zero-order valence-corrected chi connectivity index (χ0v) is 17.3. The molecule has 0 bridgehead atoms. The van der Waals surface area contributed by atoms with Gasteiger partial charge in [-0.25, -0.2) is 4.98 Å². The van der Waals surface area contributed by atoms with Crippen molar-refractivity contribution in [3.63, 3.8) is 0 Å². The molecule has 1 aliphatic heterocycles. The van der Waals surface area contributed by atoms with Crippen LogP contribution in [0.5, 0.6) is 0 Å². The minimum absolute atomic E-state index is 0.0659. The van der Waals surface area contributed by atoms with Crippen molar-refractivity contribution in [2.24, 2.45) is 0 Å². The maximum absolute atomic E-state index is 12.9. The molecular weight excluding hydrogens is 362 g/mol. The van der Waals surface area contributed by atoms with Crippen molar-refractivity contribution in [3.05, 3.63) is 82.3 Å². The molecule has 1 fully saturated rings. The molecule has 0 spiro atoms. The first-order chi connectivity index (χ1) is 14.0. The molecule has 1 atom stereocenters. The summed E-state index contributed by atoms with van der Waals surface area (Å²) < 4.78 is 5.53. The summed E-state index contributed by atoms with van der Waals surface area (Å²) in [4.78, 5) is 23.7. The lowest BCUT2D eigenvalue weighted by Gasteiger charge is -2.32. The Labute approximate surface area is 171 Å². The fourth-order valence-corrected chi connectivity index (χ4v) is 4.12. The molecule has 0 aliphatic carbocycles. The van der Waals surface area contributed by atoms with Gasteiger partial charge in [0.1, 0.15) is 0 Å². The van der Waals surface area contributed by atoms with Crippen LogP contribution in [-0.2, 0) is 6.42 Å². The monoisotopic (exact) mass is 389 g/mol. The van der Waals surface area contributed by atoms with Gasteiger partial charge in [0.15, 0.2) is 5.89 Å². The molecule has 0 saturated carbocycles. The Morgan fingerprint density at radius 2 is 2.03 bits per heavy atom. The van der Waals surface area contributed by atoms with Crippen molar-refractivity contribution in [1.29, 1.82) is 0 Å². The number of likely N-dealkylation sites (tertiary alicyclic amines) is 1. The van der Waals surface area contributed by atoms with E-state index < -0.39 is 0 Å². The zero-order valence-electron chi connectivity index (χ0n) is 17.3. The number of hydrogen-bond donors (Lipinski definition) is 0. The fraction of sp³-hybridized carbons (Fsp3) is 0.375. The number of amides is 1. The maximum atomic E-state index is 12.9. The lowest BCUT2D eigenvalue weighted by Crippen LogP contribution is -2.39. The van der Waals surface area contributed by atoms with Crippen LogP contribution in [0.2, 0.25) is 0 Å². The first kappa shape index (κ1) is 19.4. The molecule has 29 heavy (non-hydrogen) atoms. The summed E-state index contributed by atoms with van der Waals surface area (Å²) in [7, 11) is 0. The van der Waals surface area contributed by atoms with Gasteiger partial charge in [-0.3, -0.25) is 9.78 Å². The first-order valence-corrected chi connectivity index (χ1v) is 10.2. The predicted molar refractivity (Wildman–Crippen MR) is 112 cm³/mol. The second kappa shape index (κ2) is 8.19. The first-order valence-electron chi connectivity index (χ1n) is 10.2. The van der Waals surface area contributed by atoms with Crippen LogP contribution in [0.25, 0.3) is 0 Å². The standard InChI is InChI=1S/C24H27N3O2/c1-16-6-4-7-19(12-16)13-20-9-10-22(25-14-20)21-8-5-11-27(15-21)24(28)23-17(2)26-18(3)29-23/h4,6-7,9-10,12,14,21H,5,8,11,13,15H2,1-3H3. The molecule has 3 heterocycles. The van der Waals surface area contributed by atoms with Crippen molar-refractivity contribution >= 4 is 5.91 Å². The van der Waals surface area contributed by atoms with Crippen LogP contribution in [-0.4, -0.2) is 33.9 Å². The van der Waals surface area contributed by atoms with Crippen LogP contribution in [0.15, 0.2) is 47.0 Å². The summed E-state index contributed by atoms with van der Waals surface area (Å²) in [5, 5.41) is 0. The molecule has 5 nitrogen and oxygen atoms in total. The van der Waals surface area contributed by atoms with E-state index in [2.05, 4.69) is 48.3 Å². The molecule has 1 aromatic carbocycles. The molecular formula is C24H27N3O2. The third-order valence-corrected chi connectivity index (χ3v) is 5.56. The Balaban J connectivity index is 1.44. The number of carbonyl (C=O) groups is 1. The molecule has 1 aliphatic rings. The van der Waals surface area contributed by atoms with Crippen LogP contribution in [0.1, 0.15) is 63.3 Å². The van der Waals surface area contributed by atoms with Crippen molar-refractivity contribution in [2.75, 3.05) is 13.1 Å². The number of rotatable bonds is 4. The number of aromatic nitrogens is 2. The molecule has 4 rings (SSSR count). The van der Waals surface area contributed by atoms with Gasteiger partial charge in [-0.05, 0) is 50.3 Å². The summed E-state index contributed by atoms with van der Waals surface area (Å²) in [5.74, 6) is 1.09. The van der Waals surface area contributed by atoms with E-state index in [0.717, 1.165) is 31.5 Å². The maximum Gasteiger partial charge on any atom is 0.291 e. The molecule has 150 valence electrons. The summed E-state index contributed by atoms with van der Waals surface area (Å²) in [5.41, 5.74) is 5.49. The van der Waals surface area contributed by atoms with Crippen LogP contribution in [0.3, 0.4) is 0 Å². The van der Waals surface area contributed by atoms with E-state index in [9.17, 15) is 4.79 Å². The Morgan fingerprint density at radius 3 is 2.72 bits per heavy atom. The quantitative estimate of drug-likeness (QED) is 0.654. The van der Waals surface area contributed by atoms with Gasteiger partial charge in [-0.1, -0.05) is 35.9 Å². The van der Waals surface area contributed by atoms with Crippen LogP contribution < -0.4 is 0 Å². The van der Waals surface area contributed by atoms with E-state index in [4.69, 9.17) is 9.40 Å². The smallest absolute Gasteiger partial charge is 0.291 e. The third kappa shape index (κ3) is 4.39. The van der Waals surface area contributed by atoms with E-state index >= 15 is 0 Å². The second-order valence-electron chi connectivity index (χ2n) is 7.99. The highest BCUT2D eigenvalue weighted by Crippen LogP contribution is 2.27. The van der Waals surface area contributed by atoms with E-state index in [1.807, 2.05) is 18.0 Å². The molecule has 3 aromatic rings. The van der Waals surface area contributed by atoms with Crippen molar-refractivity contribution in [2.45, 2.75) is 46.0 Å². The third-order valence-electron chi connectivity index (χ3n) is 5.56. The molecule has 0 N–H and O–H groups in total. The molecule has 5 heteroatoms. The van der Waals surface area contributed by atoms with Gasteiger partial charge in [0.05, 0.1) is 5.69 Å². The van der Waals surface area contributed by atoms with Gasteiger partial charge in [0.2, 0.25) is 5.76 Å². The van der Waals surface area contributed by atoms with Gasteiger partial charge in [0, 0.05) is 37.8 Å². The lowest BCUT2D eigenvalue weighted by atomic mass is 9.93. The number of aryl methyl sites for hydroxylation is 3. The summed E-state index contributed by atoms with van der Waals surface area (Å²) in [6, 6.07) is 12.9. The van der Waals surface area contributed by atoms with E-state index in [1.54, 1.807) is 6.92 Å². The predicted octanol–water partition coefficient (Wildman–Crippen LogP) is 4.61. The van der Waals surface area contributed by atoms with E-state index in [-0.39, 0.29) is 11.8 Å². The molecule has 1 amide bonds. The summed E-state index contributed by atoms with van der Waals surface area (Å²) in [6.07, 6.45) is 4.87. The highest BCUT2D eigenvalue weighted by Gasteiger charge is 2.29. The zero-order chi connectivity index (χ0) is 20.4. The van der Waals surface area contributed by atoms with Crippen LogP contribution in [0, 0.1) is 20.8 Å². The minimum atomic E-state index is -0.0659. The van der Waals surface area contributed by atoms with Gasteiger partial charge < -0.3 is 9.32 Å². The number of carbonyl (C=O) groups excluding carboxylic acids is 1. The average molecular weight is 389 g/mol. The minimum Gasteiger partial charge on any atom is -0.436 e. The number of benzene rings is 1. The highest BCUT2D eigenvalue weighted by molar-refractivity contribution is 5.92. The molecule has 0 radical (unpaired) electrons. The second-order valence-corrected chi connectivity index (χ2v) is 7.99. The van der Waals surface area contributed by atoms with Gasteiger partial charge in [0.25, 0.3) is 5.91 Å². The molecule has 1 unspecified atom stereocenters. The Kier molecular flexibility index (Phi) is 5.47. The Bertz CT molecular complexity index is 1010. The largest absolute Gasteiger partial charge is 0.436 e. The van der Waals surface area contributed by atoms with Crippen molar-refractivity contribution < 1.29 is 9.21 Å². The number of nitrogens with zero attached hydrogens (tertiary/aromatic N) is 3. The van der Waals surface area contributed by atoms with E-state index in [1.165, 1.54) is 16.7 Å². The van der Waals surface area contributed by atoms with Crippen molar-refractivity contribution in [1.82, 2.24) is 14.9 Å². The topological polar surface area (TPSA) is 59.2 Å². The van der Waals surface area contributed by atoms with Gasteiger partial charge in [-0.15, -0.1) is 0 Å². The fourth-order valence-electron chi connectivity index (χ4n) is 4.12. The van der Waals surface area contributed by atoms with E-state index in [0.29, 0.717) is 23.9 Å². The summed E-state index contributed by atoms with van der Waals surface area (Å²) in [6.45, 7) is 7.12. The number of oxazole rings is 1. The van der Waals surface area contributed by atoms with Gasteiger partial charge in [-0.2, -0.15) is 0 Å². The molecule has 2 aromatic heterocycles. The Hall–Kier alpha value is -2.95. The van der Waals surface area contributed by atoms with Crippen molar-refractivity contribution in [3.8, 4) is 0 Å². The van der Waals surface area contributed by atoms with Crippen LogP contribution in [0.4, 0.5) is 0 Å². The lowest BCUT2D eigenvalue weighted by molar-refractivity contribution is 0.0671. The normalized spacial score (nSPS) is 16.8. The number of pyridine rings is 1. The highest BCUT2D eigenvalue weighted by atomic mass is 16.4. The number of hydrogen-bond acceptors (Lipinski definition) is 4. The average Bonchev–Trinajstić information content (AvgIpc) is 3.06. The SMILES string of the molecule is Cc1cccc(Cc2ccc(C3CCCN(C(=O)c4oc(C)nc4C)C3)nc2)c1. The van der Waals surface area contributed by atoms with Crippen LogP contribution >= 0.6 is 0 Å². The number of piperidine rings is 1. The van der Waals surface area contributed by atoms with Gasteiger partial charge >= 0.3 is 0 Å². The Morgan fingerprint density at radius 1 is 1.17 bits per heavy atom.